The molecule has 324 valence electrons. The van der Waals surface area contributed by atoms with E-state index in [1.54, 1.807) is 27.7 Å². The van der Waals surface area contributed by atoms with Crippen LogP contribution in [0.1, 0.15) is 27.7 Å². The van der Waals surface area contributed by atoms with Gasteiger partial charge in [-0.15, -0.1) is 0 Å². The summed E-state index contributed by atoms with van der Waals surface area (Å²) in [7, 11) is 0. The summed E-state index contributed by atoms with van der Waals surface area (Å²) in [6, 6.07) is 0. The molecule has 4 fully saturated rings. The second kappa shape index (κ2) is 24.1. The van der Waals surface area contributed by atoms with Gasteiger partial charge in [0.05, 0.1) is 38.6 Å². The maximum atomic E-state index is 9.53. The Labute approximate surface area is 309 Å². The molecule has 0 saturated carbocycles. The molecule has 4 saturated heterocycles. The number of hydrogen-bond donors (Lipinski definition) is 18. The Kier molecular flexibility index (Phi) is 22.8. The largest absolute Gasteiger partial charge is 0.394 e. The summed E-state index contributed by atoms with van der Waals surface area (Å²) in [5.41, 5.74) is 0. The van der Waals surface area contributed by atoms with Crippen LogP contribution in [0.3, 0.4) is 0 Å². The van der Waals surface area contributed by atoms with E-state index in [4.69, 9.17) is 80.2 Å². The van der Waals surface area contributed by atoms with E-state index in [9.17, 15) is 30.6 Å². The minimum Gasteiger partial charge on any atom is -0.394 e. The first-order valence-corrected chi connectivity index (χ1v) is 17.0. The van der Waals surface area contributed by atoms with Gasteiger partial charge in [0.2, 0.25) is 0 Å². The predicted molar refractivity (Wildman–Crippen MR) is 172 cm³/mol. The van der Waals surface area contributed by atoms with Crippen LogP contribution < -0.4 is 0 Å². The van der Waals surface area contributed by atoms with Crippen LogP contribution in [0.2, 0.25) is 0 Å². The maximum absolute atomic E-state index is 9.53. The van der Waals surface area contributed by atoms with E-state index in [0.29, 0.717) is 0 Å². The smallest absolute Gasteiger partial charge is 0.186 e. The van der Waals surface area contributed by atoms with Crippen molar-refractivity contribution in [2.75, 3.05) is 26.4 Å². The molecule has 4 aliphatic heterocycles. The van der Waals surface area contributed by atoms with Crippen molar-refractivity contribution in [1.82, 2.24) is 0 Å². The molecule has 0 radical (unpaired) electrons. The molecule has 0 aromatic rings. The average molecular weight is 805 g/mol. The van der Waals surface area contributed by atoms with Gasteiger partial charge in [0.15, 0.2) is 25.2 Å². The Morgan fingerprint density at radius 3 is 0.778 bits per heavy atom. The third-order valence-corrected chi connectivity index (χ3v) is 8.24. The standard InChI is InChI=1S/2C9H18O6.2C6H12O6/c2*1-4(2)14-9-8(13)7(12)6(11)5(3-10)15-9;2*7-1-2-3(8)4(9)5(10)6(11)12-2/h2*4-13H,3H2,1-2H3;2*2-11H,1H2/t5?,6-,7+,8?,9+;;2?,3-,4+,5?,6+;/m0.0./s1. The summed E-state index contributed by atoms with van der Waals surface area (Å²) in [6.45, 7) is 5.07. The lowest BCUT2D eigenvalue weighted by atomic mass is 9.99. The van der Waals surface area contributed by atoms with E-state index in [1.165, 1.54) is 0 Å². The van der Waals surface area contributed by atoms with Crippen LogP contribution in [0, 0.1) is 0 Å². The molecule has 4 heterocycles. The Bertz CT molecular complexity index is 910. The first kappa shape index (κ1) is 51.1. The van der Waals surface area contributed by atoms with Crippen LogP contribution in [0.4, 0.5) is 0 Å². The number of aliphatic hydroxyl groups excluding tert-OH is 18. The summed E-state index contributed by atoms with van der Waals surface area (Å²) >= 11 is 0. The second-order valence-corrected chi connectivity index (χ2v) is 13.2. The molecule has 14 unspecified atom stereocenters. The summed E-state index contributed by atoms with van der Waals surface area (Å²) in [4.78, 5) is 0. The lowest BCUT2D eigenvalue weighted by Gasteiger charge is -2.40. The molecule has 18 N–H and O–H groups in total. The Balaban J connectivity index is 0.000000362. The van der Waals surface area contributed by atoms with Crippen molar-refractivity contribution in [3.8, 4) is 0 Å². The fraction of sp³-hybridized carbons (Fsp3) is 1.00. The Hall–Kier alpha value is -0.960. The molecule has 0 aromatic heterocycles. The molecule has 0 aliphatic carbocycles. The summed E-state index contributed by atoms with van der Waals surface area (Å²) in [6.07, 6.45) is -26.4. The van der Waals surface area contributed by atoms with Crippen molar-refractivity contribution in [3.63, 3.8) is 0 Å². The zero-order valence-corrected chi connectivity index (χ0v) is 30.0. The summed E-state index contributed by atoms with van der Waals surface area (Å²) in [5, 5.41) is 164. The SMILES string of the molecule is CC(C)OC1OC(CO)C(O)C(O)C1O.CC(C)O[C@@H]1OC(CO)[C@H](O)[C@@H](O)C1O.OCC1OC(O)C(O)C(O)C1O.OCC1O[C@@H](O)C(O)[C@H](O)[C@H]1O. The molecule has 24 heteroatoms. The molecular formula is C30H60O24. The fourth-order valence-corrected chi connectivity index (χ4v) is 5.06. The average Bonchev–Trinajstić information content (AvgIpc) is 3.13. The molecule has 24 nitrogen and oxygen atoms in total. The van der Waals surface area contributed by atoms with Crippen LogP contribution in [0.5, 0.6) is 0 Å². The second-order valence-electron chi connectivity index (χ2n) is 13.2. The highest BCUT2D eigenvalue weighted by Gasteiger charge is 2.46. The van der Waals surface area contributed by atoms with Crippen molar-refractivity contribution in [1.29, 1.82) is 0 Å². The van der Waals surface area contributed by atoms with E-state index < -0.39 is 149 Å². The quantitative estimate of drug-likeness (QED) is 0.108. The van der Waals surface area contributed by atoms with Crippen molar-refractivity contribution in [2.45, 2.75) is 163 Å². The van der Waals surface area contributed by atoms with Gasteiger partial charge in [-0.25, -0.2) is 0 Å². The third-order valence-electron chi connectivity index (χ3n) is 8.24. The monoisotopic (exact) mass is 804 g/mol. The number of aliphatic hydroxyl groups is 18. The number of hydrogen-bond acceptors (Lipinski definition) is 24. The van der Waals surface area contributed by atoms with Gasteiger partial charge < -0.3 is 120 Å². The third kappa shape index (κ3) is 14.1. The molecule has 4 rings (SSSR count). The van der Waals surface area contributed by atoms with Gasteiger partial charge in [-0.3, -0.25) is 0 Å². The van der Waals surface area contributed by atoms with E-state index in [0.717, 1.165) is 0 Å². The van der Waals surface area contributed by atoms with Crippen LogP contribution in [-0.4, -0.2) is 253 Å². The molecule has 0 bridgehead atoms. The zero-order chi connectivity index (χ0) is 41.8. The normalized spacial score (nSPS) is 45.3. The van der Waals surface area contributed by atoms with Crippen molar-refractivity contribution in [3.05, 3.63) is 0 Å². The van der Waals surface area contributed by atoms with Gasteiger partial charge in [-0.05, 0) is 27.7 Å². The highest BCUT2D eigenvalue weighted by atomic mass is 16.7. The number of ether oxygens (including phenoxy) is 6. The van der Waals surface area contributed by atoms with Crippen molar-refractivity contribution in [2.24, 2.45) is 0 Å². The van der Waals surface area contributed by atoms with E-state index in [2.05, 4.69) is 9.47 Å². The molecule has 0 aromatic carbocycles. The highest BCUT2D eigenvalue weighted by Crippen LogP contribution is 2.24. The van der Waals surface area contributed by atoms with Gasteiger partial charge in [-0.1, -0.05) is 0 Å². The predicted octanol–water partition coefficient (Wildman–Crippen LogP) is -10.0. The Morgan fingerprint density at radius 1 is 0.333 bits per heavy atom. The van der Waals surface area contributed by atoms with Crippen molar-refractivity contribution < 1.29 is 120 Å². The van der Waals surface area contributed by atoms with Crippen LogP contribution in [-0.2, 0) is 28.4 Å². The molecule has 20 atom stereocenters. The van der Waals surface area contributed by atoms with E-state index >= 15 is 0 Å². The van der Waals surface area contributed by atoms with Crippen LogP contribution >= 0.6 is 0 Å². The van der Waals surface area contributed by atoms with Crippen LogP contribution in [0.25, 0.3) is 0 Å². The topological polar surface area (TPSA) is 420 Å². The molecular weight excluding hydrogens is 744 g/mol. The molecule has 54 heavy (non-hydrogen) atoms. The minimum absolute atomic E-state index is 0.188. The molecule has 4 aliphatic rings. The van der Waals surface area contributed by atoms with Crippen LogP contribution in [0.15, 0.2) is 0 Å². The minimum atomic E-state index is -1.57. The van der Waals surface area contributed by atoms with Gasteiger partial charge in [0.1, 0.15) is 97.7 Å². The number of rotatable bonds is 8. The van der Waals surface area contributed by atoms with Gasteiger partial charge in [0.25, 0.3) is 0 Å². The zero-order valence-electron chi connectivity index (χ0n) is 30.0. The van der Waals surface area contributed by atoms with E-state index in [1.807, 2.05) is 0 Å². The van der Waals surface area contributed by atoms with E-state index in [-0.39, 0.29) is 12.2 Å². The first-order chi connectivity index (χ1) is 25.1. The first-order valence-electron chi connectivity index (χ1n) is 17.0. The van der Waals surface area contributed by atoms with Crippen molar-refractivity contribution >= 4 is 0 Å². The summed E-state index contributed by atoms with van der Waals surface area (Å²) < 4.78 is 29.8. The fourth-order valence-electron chi connectivity index (χ4n) is 5.06. The van der Waals surface area contributed by atoms with Gasteiger partial charge >= 0.3 is 0 Å². The molecule has 0 amide bonds. The summed E-state index contributed by atoms with van der Waals surface area (Å²) in [5.74, 6) is 0. The lowest BCUT2D eigenvalue weighted by Crippen LogP contribution is -2.59. The van der Waals surface area contributed by atoms with Gasteiger partial charge in [-0.2, -0.15) is 0 Å². The highest BCUT2D eigenvalue weighted by molar-refractivity contribution is 4.91. The Morgan fingerprint density at radius 2 is 0.556 bits per heavy atom. The maximum Gasteiger partial charge on any atom is 0.186 e. The van der Waals surface area contributed by atoms with Gasteiger partial charge in [0, 0.05) is 0 Å². The lowest BCUT2D eigenvalue weighted by molar-refractivity contribution is -0.308. The molecule has 0 spiro atoms.